The predicted molar refractivity (Wildman–Crippen MR) is 86.4 cm³/mol. The lowest BCUT2D eigenvalue weighted by molar-refractivity contribution is -0.134. The summed E-state index contributed by atoms with van der Waals surface area (Å²) in [5.41, 5.74) is 0.486. The van der Waals surface area contributed by atoms with Gasteiger partial charge in [-0.15, -0.1) is 0 Å². The number of rotatable bonds is 3. The monoisotopic (exact) mass is 323 g/mol. The molecule has 1 heterocycles. The average Bonchev–Trinajstić information content (AvgIpc) is 2.78. The van der Waals surface area contributed by atoms with Crippen molar-refractivity contribution in [3.8, 4) is 0 Å². The van der Waals surface area contributed by atoms with Gasteiger partial charge in [0, 0.05) is 28.6 Å². The molecule has 1 aliphatic carbocycles. The van der Waals surface area contributed by atoms with Gasteiger partial charge in [0.1, 0.15) is 5.82 Å². The van der Waals surface area contributed by atoms with Gasteiger partial charge in [-0.05, 0) is 44.7 Å². The number of carbonyl (C=O) groups excluding carboxylic acids is 1. The summed E-state index contributed by atoms with van der Waals surface area (Å²) in [6, 6.07) is 5.36. The van der Waals surface area contributed by atoms with E-state index < -0.39 is 0 Å². The van der Waals surface area contributed by atoms with E-state index in [0.29, 0.717) is 23.0 Å². The van der Waals surface area contributed by atoms with E-state index in [-0.39, 0.29) is 23.7 Å². The van der Waals surface area contributed by atoms with Crippen LogP contribution in [0.25, 0.3) is 0 Å². The fourth-order valence-electron chi connectivity index (χ4n) is 4.10. The molecule has 1 aromatic rings. The van der Waals surface area contributed by atoms with Crippen LogP contribution in [0, 0.1) is 11.7 Å². The highest BCUT2D eigenvalue weighted by Crippen LogP contribution is 2.35. The average molecular weight is 324 g/mol. The maximum absolute atomic E-state index is 14.0. The van der Waals surface area contributed by atoms with Crippen molar-refractivity contribution in [2.45, 2.75) is 64.0 Å². The Kier molecular flexibility index (Phi) is 4.72. The molecule has 2 atom stereocenters. The third kappa shape index (κ3) is 3.01. The van der Waals surface area contributed by atoms with Gasteiger partial charge in [-0.25, -0.2) is 4.39 Å². The normalized spacial score (nSPS) is 26.7. The Morgan fingerprint density at radius 2 is 2.00 bits per heavy atom. The van der Waals surface area contributed by atoms with Crippen molar-refractivity contribution in [3.63, 3.8) is 0 Å². The van der Waals surface area contributed by atoms with Crippen molar-refractivity contribution in [3.05, 3.63) is 34.6 Å². The molecular formula is C18H23ClFNO. The molecule has 0 N–H and O–H groups in total. The van der Waals surface area contributed by atoms with Crippen molar-refractivity contribution in [2.75, 3.05) is 0 Å². The second-order valence-electron chi connectivity index (χ2n) is 6.72. The minimum Gasteiger partial charge on any atom is -0.337 e. The first-order valence-electron chi connectivity index (χ1n) is 8.33. The maximum Gasteiger partial charge on any atom is 0.226 e. The van der Waals surface area contributed by atoms with Crippen LogP contribution in [0.1, 0.15) is 51.0 Å². The van der Waals surface area contributed by atoms with E-state index in [9.17, 15) is 9.18 Å². The van der Waals surface area contributed by atoms with Gasteiger partial charge in [0.25, 0.3) is 0 Å². The minimum absolute atomic E-state index is 0.133. The zero-order valence-corrected chi connectivity index (χ0v) is 13.8. The number of halogens is 2. The van der Waals surface area contributed by atoms with Crippen LogP contribution >= 0.6 is 11.6 Å². The molecule has 4 heteroatoms. The van der Waals surface area contributed by atoms with Crippen LogP contribution in [0.5, 0.6) is 0 Å². The van der Waals surface area contributed by atoms with Gasteiger partial charge < -0.3 is 4.90 Å². The van der Waals surface area contributed by atoms with E-state index in [1.165, 1.54) is 25.3 Å². The van der Waals surface area contributed by atoms with Gasteiger partial charge >= 0.3 is 0 Å². The molecule has 2 nitrogen and oxygen atoms in total. The molecule has 3 rings (SSSR count). The lowest BCUT2D eigenvalue weighted by atomic mass is 9.94. The summed E-state index contributed by atoms with van der Waals surface area (Å²) in [6.07, 6.45) is 7.15. The van der Waals surface area contributed by atoms with Gasteiger partial charge in [0.05, 0.1) is 0 Å². The van der Waals surface area contributed by atoms with Gasteiger partial charge in [-0.1, -0.05) is 36.9 Å². The fraction of sp³-hybridized carbons (Fsp3) is 0.611. The molecular weight excluding hydrogens is 301 g/mol. The first-order valence-corrected chi connectivity index (χ1v) is 8.70. The molecule has 1 saturated heterocycles. The molecule has 1 amide bonds. The Hall–Kier alpha value is -1.09. The van der Waals surface area contributed by atoms with Gasteiger partial charge in [-0.3, -0.25) is 4.79 Å². The molecule has 2 aliphatic rings. The number of hydrogen-bond donors (Lipinski definition) is 0. The molecule has 120 valence electrons. The third-order valence-corrected chi connectivity index (χ3v) is 5.54. The highest BCUT2D eigenvalue weighted by Gasteiger charge is 2.41. The van der Waals surface area contributed by atoms with Crippen molar-refractivity contribution in [1.29, 1.82) is 0 Å². The summed E-state index contributed by atoms with van der Waals surface area (Å²) < 4.78 is 14.0. The lowest BCUT2D eigenvalue weighted by Crippen LogP contribution is -2.42. The minimum atomic E-state index is -0.302. The van der Waals surface area contributed by atoms with Crippen LogP contribution in [0.2, 0.25) is 5.02 Å². The van der Waals surface area contributed by atoms with Crippen LogP contribution in [0.4, 0.5) is 4.39 Å². The van der Waals surface area contributed by atoms with Crippen LogP contribution in [-0.2, 0) is 11.2 Å². The highest BCUT2D eigenvalue weighted by atomic mass is 35.5. The zero-order valence-electron chi connectivity index (χ0n) is 13.0. The number of nitrogens with zero attached hydrogens (tertiary/aromatic N) is 1. The molecule has 1 aliphatic heterocycles. The van der Waals surface area contributed by atoms with Gasteiger partial charge in [-0.2, -0.15) is 0 Å². The van der Waals surface area contributed by atoms with E-state index in [2.05, 4.69) is 11.8 Å². The molecule has 0 aromatic heterocycles. The molecule has 0 bridgehead atoms. The SMILES string of the molecule is CC1CC(Cc2c(F)cccc2Cl)C(=O)N1C1CCCCC1. The Bertz CT molecular complexity index is 536. The summed E-state index contributed by atoms with van der Waals surface area (Å²) >= 11 is 6.11. The fourth-order valence-corrected chi connectivity index (χ4v) is 4.34. The maximum atomic E-state index is 14.0. The summed E-state index contributed by atoms with van der Waals surface area (Å²) in [7, 11) is 0. The summed E-state index contributed by atoms with van der Waals surface area (Å²) in [4.78, 5) is 14.9. The largest absolute Gasteiger partial charge is 0.337 e. The lowest BCUT2D eigenvalue weighted by Gasteiger charge is -2.34. The third-order valence-electron chi connectivity index (χ3n) is 5.18. The second kappa shape index (κ2) is 6.57. The van der Waals surface area contributed by atoms with Gasteiger partial charge in [0.2, 0.25) is 5.91 Å². The number of carbonyl (C=O) groups is 1. The standard InChI is InChI=1S/C18H23ClFNO/c1-12-10-13(11-15-16(19)8-5-9-17(15)20)18(22)21(12)14-6-3-2-4-7-14/h5,8-9,12-14H,2-4,6-7,10-11H2,1H3. The quantitative estimate of drug-likeness (QED) is 0.796. The first kappa shape index (κ1) is 15.8. The molecule has 1 saturated carbocycles. The number of likely N-dealkylation sites (tertiary alicyclic amines) is 1. The highest BCUT2D eigenvalue weighted by molar-refractivity contribution is 6.31. The van der Waals surface area contributed by atoms with Crippen LogP contribution in [0.15, 0.2) is 18.2 Å². The smallest absolute Gasteiger partial charge is 0.226 e. The van der Waals surface area contributed by atoms with E-state index >= 15 is 0 Å². The molecule has 22 heavy (non-hydrogen) atoms. The Morgan fingerprint density at radius 1 is 1.27 bits per heavy atom. The molecule has 0 radical (unpaired) electrons. The number of benzene rings is 1. The summed E-state index contributed by atoms with van der Waals surface area (Å²) in [5.74, 6) is -0.242. The number of hydrogen-bond acceptors (Lipinski definition) is 1. The molecule has 2 unspecified atom stereocenters. The van der Waals surface area contributed by atoms with Gasteiger partial charge in [0.15, 0.2) is 0 Å². The Morgan fingerprint density at radius 3 is 2.68 bits per heavy atom. The van der Waals surface area contributed by atoms with Crippen molar-refractivity contribution in [2.24, 2.45) is 5.92 Å². The van der Waals surface area contributed by atoms with E-state index in [4.69, 9.17) is 11.6 Å². The van der Waals surface area contributed by atoms with E-state index in [1.54, 1.807) is 12.1 Å². The predicted octanol–water partition coefficient (Wildman–Crippen LogP) is 4.59. The molecule has 0 spiro atoms. The van der Waals surface area contributed by atoms with Crippen LogP contribution in [0.3, 0.4) is 0 Å². The van der Waals surface area contributed by atoms with E-state index in [0.717, 1.165) is 19.3 Å². The Balaban J connectivity index is 1.75. The molecule has 2 fully saturated rings. The van der Waals surface area contributed by atoms with Crippen LogP contribution < -0.4 is 0 Å². The second-order valence-corrected chi connectivity index (χ2v) is 7.13. The van der Waals surface area contributed by atoms with E-state index in [1.807, 2.05) is 0 Å². The van der Waals surface area contributed by atoms with Crippen molar-refractivity contribution in [1.82, 2.24) is 4.90 Å². The number of amides is 1. The van der Waals surface area contributed by atoms with Crippen molar-refractivity contribution >= 4 is 17.5 Å². The summed E-state index contributed by atoms with van der Waals surface area (Å²) in [5, 5.41) is 0.427. The topological polar surface area (TPSA) is 20.3 Å². The first-order chi connectivity index (χ1) is 10.6. The van der Waals surface area contributed by atoms with Crippen molar-refractivity contribution < 1.29 is 9.18 Å². The zero-order chi connectivity index (χ0) is 15.7. The van der Waals surface area contributed by atoms with Crippen LogP contribution in [-0.4, -0.2) is 22.9 Å². The molecule has 1 aromatic carbocycles. The summed E-state index contributed by atoms with van der Waals surface area (Å²) in [6.45, 7) is 2.12. The Labute approximate surface area is 136 Å².